The van der Waals surface area contributed by atoms with Gasteiger partial charge in [-0.25, -0.2) is 4.98 Å². The third kappa shape index (κ3) is 2.68. The summed E-state index contributed by atoms with van der Waals surface area (Å²) in [5, 5.41) is 0. The maximum atomic E-state index is 10.6. The molecule has 3 heteroatoms. The fourth-order valence-corrected chi connectivity index (χ4v) is 1.28. The molecule has 0 atom stereocenters. The normalized spacial score (nSPS) is 10.8. The van der Waals surface area contributed by atoms with Crippen LogP contribution in [0.5, 0.6) is 0 Å². The van der Waals surface area contributed by atoms with Crippen molar-refractivity contribution in [3.63, 3.8) is 0 Å². The second kappa shape index (κ2) is 4.21. The Hall–Kier alpha value is -1.12. The number of aromatic amines is 1. The number of nitrogens with one attached hydrogen (secondary N) is 1. The van der Waals surface area contributed by atoms with Gasteiger partial charge in [0.25, 0.3) is 0 Å². The molecule has 0 saturated carbocycles. The Morgan fingerprint density at radius 3 is 2.77 bits per heavy atom. The average Bonchev–Trinajstić information content (AvgIpc) is 2.42. The monoisotopic (exact) mass is 180 g/mol. The van der Waals surface area contributed by atoms with Gasteiger partial charge in [-0.2, -0.15) is 0 Å². The fourth-order valence-electron chi connectivity index (χ4n) is 1.28. The summed E-state index contributed by atoms with van der Waals surface area (Å²) in [5.41, 5.74) is 1.54. The number of hydrogen-bond acceptors (Lipinski definition) is 2. The third-order valence-corrected chi connectivity index (χ3v) is 2.01. The van der Waals surface area contributed by atoms with Crippen molar-refractivity contribution in [1.82, 2.24) is 9.97 Å². The number of carbonyl (C=O) groups is 1. The summed E-state index contributed by atoms with van der Waals surface area (Å²) in [5.74, 6) is 1.48. The van der Waals surface area contributed by atoms with Crippen LogP contribution < -0.4 is 0 Å². The van der Waals surface area contributed by atoms with Gasteiger partial charge in [0.1, 0.15) is 11.5 Å². The molecule has 0 aliphatic carbocycles. The number of hydrogen-bond donors (Lipinski definition) is 1. The molecule has 0 aromatic carbocycles. The first-order chi connectivity index (χ1) is 6.13. The van der Waals surface area contributed by atoms with Gasteiger partial charge in [-0.1, -0.05) is 13.8 Å². The zero-order chi connectivity index (χ0) is 9.84. The summed E-state index contributed by atoms with van der Waals surface area (Å²) in [7, 11) is 0. The minimum atomic E-state index is 0.568. The standard InChI is InChI=1S/C10H16N2O/c1-7(2)4-5-9-10(6-13)12-8(3)11-9/h6-7H,4-5H2,1-3H3,(H,11,12). The van der Waals surface area contributed by atoms with Crippen LogP contribution in [-0.2, 0) is 6.42 Å². The van der Waals surface area contributed by atoms with Gasteiger partial charge >= 0.3 is 0 Å². The molecule has 13 heavy (non-hydrogen) atoms. The van der Waals surface area contributed by atoms with Crippen molar-refractivity contribution < 1.29 is 4.79 Å². The van der Waals surface area contributed by atoms with E-state index in [1.165, 1.54) is 0 Å². The van der Waals surface area contributed by atoms with Gasteiger partial charge in [0.05, 0.1) is 0 Å². The van der Waals surface area contributed by atoms with Crippen LogP contribution in [0.4, 0.5) is 0 Å². The van der Waals surface area contributed by atoms with Crippen molar-refractivity contribution in [3.8, 4) is 0 Å². The average molecular weight is 180 g/mol. The Bertz CT molecular complexity index is 289. The SMILES string of the molecule is Cc1nc(C=O)c(CCC(C)C)[nH]1. The van der Waals surface area contributed by atoms with Gasteiger partial charge in [0, 0.05) is 5.69 Å². The molecule has 1 rings (SSSR count). The molecule has 1 N–H and O–H groups in total. The van der Waals surface area contributed by atoms with Crippen LogP contribution >= 0.6 is 0 Å². The van der Waals surface area contributed by atoms with E-state index >= 15 is 0 Å². The number of aryl methyl sites for hydroxylation is 2. The highest BCUT2D eigenvalue weighted by atomic mass is 16.1. The van der Waals surface area contributed by atoms with E-state index in [0.29, 0.717) is 11.6 Å². The van der Waals surface area contributed by atoms with E-state index < -0.39 is 0 Å². The first-order valence-corrected chi connectivity index (χ1v) is 4.64. The lowest BCUT2D eigenvalue weighted by atomic mass is 10.1. The molecule has 0 aliphatic rings. The number of aldehydes is 1. The summed E-state index contributed by atoms with van der Waals surface area (Å²) < 4.78 is 0. The maximum Gasteiger partial charge on any atom is 0.170 e. The Kier molecular flexibility index (Phi) is 3.23. The lowest BCUT2D eigenvalue weighted by molar-refractivity contribution is 0.111. The molecule has 0 bridgehead atoms. The number of rotatable bonds is 4. The molecule has 1 heterocycles. The zero-order valence-corrected chi connectivity index (χ0v) is 8.42. The minimum absolute atomic E-state index is 0.568. The van der Waals surface area contributed by atoms with Crippen molar-refractivity contribution >= 4 is 6.29 Å². The minimum Gasteiger partial charge on any atom is -0.345 e. The molecular weight excluding hydrogens is 164 g/mol. The molecule has 0 fully saturated rings. The first kappa shape index (κ1) is 9.96. The van der Waals surface area contributed by atoms with Crippen LogP contribution in [0.15, 0.2) is 0 Å². The van der Waals surface area contributed by atoms with Crippen LogP contribution in [0.3, 0.4) is 0 Å². The molecule has 1 aromatic heterocycles. The van der Waals surface area contributed by atoms with E-state index in [1.54, 1.807) is 0 Å². The van der Waals surface area contributed by atoms with Gasteiger partial charge in [-0.05, 0) is 25.7 Å². The highest BCUT2D eigenvalue weighted by molar-refractivity contribution is 5.73. The molecule has 0 amide bonds. The number of carbonyl (C=O) groups excluding carboxylic acids is 1. The summed E-state index contributed by atoms with van der Waals surface area (Å²) in [6, 6.07) is 0. The molecule has 0 spiro atoms. The van der Waals surface area contributed by atoms with Gasteiger partial charge < -0.3 is 4.98 Å². The quantitative estimate of drug-likeness (QED) is 0.721. The molecule has 0 aliphatic heterocycles. The van der Waals surface area contributed by atoms with E-state index in [4.69, 9.17) is 0 Å². The summed E-state index contributed by atoms with van der Waals surface area (Å²) in [6.07, 6.45) is 2.81. The second-order valence-corrected chi connectivity index (χ2v) is 3.74. The van der Waals surface area contributed by atoms with Crippen LogP contribution in [0.25, 0.3) is 0 Å². The van der Waals surface area contributed by atoms with Crippen LogP contribution in [0.1, 0.15) is 42.3 Å². The Labute approximate surface area is 78.6 Å². The number of nitrogens with zero attached hydrogens (tertiary/aromatic N) is 1. The molecular formula is C10H16N2O. The summed E-state index contributed by atoms with van der Waals surface area (Å²) in [6.45, 7) is 6.21. The number of aromatic nitrogens is 2. The van der Waals surface area contributed by atoms with Crippen molar-refractivity contribution in [1.29, 1.82) is 0 Å². The van der Waals surface area contributed by atoms with Gasteiger partial charge in [0.15, 0.2) is 6.29 Å². The fraction of sp³-hybridized carbons (Fsp3) is 0.600. The predicted octanol–water partition coefficient (Wildman–Crippen LogP) is 2.12. The summed E-state index contributed by atoms with van der Waals surface area (Å²) in [4.78, 5) is 17.8. The topological polar surface area (TPSA) is 45.8 Å². The van der Waals surface area contributed by atoms with E-state index in [9.17, 15) is 4.79 Å². The van der Waals surface area contributed by atoms with Crippen molar-refractivity contribution in [3.05, 3.63) is 17.2 Å². The molecule has 0 unspecified atom stereocenters. The van der Waals surface area contributed by atoms with Gasteiger partial charge in [-0.3, -0.25) is 4.79 Å². The van der Waals surface area contributed by atoms with E-state index in [0.717, 1.165) is 30.6 Å². The number of H-pyrrole nitrogens is 1. The number of imidazole rings is 1. The molecule has 1 aromatic rings. The first-order valence-electron chi connectivity index (χ1n) is 4.64. The largest absolute Gasteiger partial charge is 0.345 e. The van der Waals surface area contributed by atoms with E-state index in [-0.39, 0.29) is 0 Å². The van der Waals surface area contributed by atoms with Crippen molar-refractivity contribution in [2.75, 3.05) is 0 Å². The van der Waals surface area contributed by atoms with Crippen LogP contribution in [0.2, 0.25) is 0 Å². The Balaban J connectivity index is 2.69. The Morgan fingerprint density at radius 2 is 2.23 bits per heavy atom. The highest BCUT2D eigenvalue weighted by Gasteiger charge is 2.07. The lowest BCUT2D eigenvalue weighted by Gasteiger charge is -2.02. The smallest absolute Gasteiger partial charge is 0.170 e. The van der Waals surface area contributed by atoms with Gasteiger partial charge in [0.2, 0.25) is 0 Å². The Morgan fingerprint density at radius 1 is 1.54 bits per heavy atom. The van der Waals surface area contributed by atoms with E-state index in [1.807, 2.05) is 6.92 Å². The van der Waals surface area contributed by atoms with Crippen LogP contribution in [0, 0.1) is 12.8 Å². The molecule has 3 nitrogen and oxygen atoms in total. The lowest BCUT2D eigenvalue weighted by Crippen LogP contribution is -1.96. The zero-order valence-electron chi connectivity index (χ0n) is 8.42. The highest BCUT2D eigenvalue weighted by Crippen LogP contribution is 2.10. The van der Waals surface area contributed by atoms with Crippen molar-refractivity contribution in [2.45, 2.75) is 33.6 Å². The molecule has 0 radical (unpaired) electrons. The maximum absolute atomic E-state index is 10.6. The summed E-state index contributed by atoms with van der Waals surface area (Å²) >= 11 is 0. The van der Waals surface area contributed by atoms with Crippen LogP contribution in [-0.4, -0.2) is 16.3 Å². The molecule has 0 saturated heterocycles. The van der Waals surface area contributed by atoms with E-state index in [2.05, 4.69) is 23.8 Å². The van der Waals surface area contributed by atoms with Gasteiger partial charge in [-0.15, -0.1) is 0 Å². The molecule has 72 valence electrons. The predicted molar refractivity (Wildman–Crippen MR) is 51.9 cm³/mol. The third-order valence-electron chi connectivity index (χ3n) is 2.01. The van der Waals surface area contributed by atoms with Crippen molar-refractivity contribution in [2.24, 2.45) is 5.92 Å². The second-order valence-electron chi connectivity index (χ2n) is 3.74.